The summed E-state index contributed by atoms with van der Waals surface area (Å²) in [6, 6.07) is 4.96. The van der Waals surface area contributed by atoms with Gasteiger partial charge in [-0.2, -0.15) is 0 Å². The predicted molar refractivity (Wildman–Crippen MR) is 81.9 cm³/mol. The Morgan fingerprint density at radius 2 is 1.90 bits per heavy atom. The van der Waals surface area contributed by atoms with Crippen LogP contribution in [0.25, 0.3) is 0 Å². The summed E-state index contributed by atoms with van der Waals surface area (Å²) in [6.07, 6.45) is 2.54. The molecular weight excluding hydrogens is 278 g/mol. The van der Waals surface area contributed by atoms with Gasteiger partial charge in [0.1, 0.15) is 0 Å². The van der Waals surface area contributed by atoms with Crippen LogP contribution in [0.15, 0.2) is 18.2 Å². The van der Waals surface area contributed by atoms with E-state index in [1.165, 1.54) is 0 Å². The summed E-state index contributed by atoms with van der Waals surface area (Å²) in [5.41, 5.74) is 6.43. The summed E-state index contributed by atoms with van der Waals surface area (Å²) in [6.45, 7) is 2.32. The van der Waals surface area contributed by atoms with E-state index < -0.39 is 0 Å². The van der Waals surface area contributed by atoms with E-state index in [1.807, 2.05) is 6.92 Å². The highest BCUT2D eigenvalue weighted by Crippen LogP contribution is 2.25. The molecule has 0 aliphatic heterocycles. The van der Waals surface area contributed by atoms with Crippen molar-refractivity contribution in [3.63, 3.8) is 0 Å². The first-order chi connectivity index (χ1) is 9.56. The van der Waals surface area contributed by atoms with E-state index >= 15 is 0 Å². The second-order valence-corrected chi connectivity index (χ2v) is 4.84. The van der Waals surface area contributed by atoms with Gasteiger partial charge in [-0.05, 0) is 24.6 Å². The van der Waals surface area contributed by atoms with Crippen molar-refractivity contribution in [3.05, 3.63) is 23.2 Å². The summed E-state index contributed by atoms with van der Waals surface area (Å²) in [7, 11) is 0. The molecule has 0 saturated heterocycles. The molecule has 0 heterocycles. The summed E-state index contributed by atoms with van der Waals surface area (Å²) >= 11 is 6.08. The van der Waals surface area contributed by atoms with Gasteiger partial charge in [0.15, 0.2) is 0 Å². The number of unbranched alkanes of at least 4 members (excludes halogenated alkanes) is 1. The van der Waals surface area contributed by atoms with Crippen molar-refractivity contribution in [1.29, 1.82) is 0 Å². The Labute approximate surface area is 123 Å². The first-order valence-corrected chi connectivity index (χ1v) is 7.04. The number of nitrogens with two attached hydrogens (primary N) is 1. The smallest absolute Gasteiger partial charge is 0.225 e. The fourth-order valence-electron chi connectivity index (χ4n) is 1.60. The van der Waals surface area contributed by atoms with Crippen molar-refractivity contribution in [3.8, 4) is 0 Å². The first-order valence-electron chi connectivity index (χ1n) is 6.66. The Hall–Kier alpha value is -1.59. The number of halogens is 1. The third-order valence-corrected chi connectivity index (χ3v) is 2.97. The molecule has 6 heteroatoms. The molecule has 0 saturated carbocycles. The summed E-state index contributed by atoms with van der Waals surface area (Å²) in [5.74, 6) is -0.225. The van der Waals surface area contributed by atoms with Crippen molar-refractivity contribution in [2.75, 3.05) is 17.2 Å². The summed E-state index contributed by atoms with van der Waals surface area (Å²) in [5, 5.41) is 5.82. The maximum Gasteiger partial charge on any atom is 0.225 e. The van der Waals surface area contributed by atoms with Gasteiger partial charge in [-0.3, -0.25) is 9.59 Å². The maximum absolute atomic E-state index is 11.6. The minimum Gasteiger partial charge on any atom is -0.330 e. The molecule has 0 unspecified atom stereocenters. The number of carbonyl (C=O) groups excluding carboxylic acids is 2. The van der Waals surface area contributed by atoms with E-state index in [0.717, 1.165) is 12.8 Å². The van der Waals surface area contributed by atoms with Gasteiger partial charge in [0, 0.05) is 25.1 Å². The van der Waals surface area contributed by atoms with Crippen molar-refractivity contribution in [2.45, 2.75) is 32.6 Å². The average Bonchev–Trinajstić information content (AvgIpc) is 2.40. The molecule has 0 bridgehead atoms. The van der Waals surface area contributed by atoms with Gasteiger partial charge in [0.25, 0.3) is 0 Å². The van der Waals surface area contributed by atoms with Gasteiger partial charge in [0.05, 0.1) is 10.7 Å². The fourth-order valence-corrected chi connectivity index (χ4v) is 1.83. The zero-order valence-electron chi connectivity index (χ0n) is 11.5. The van der Waals surface area contributed by atoms with Gasteiger partial charge in [-0.15, -0.1) is 0 Å². The molecule has 0 aliphatic carbocycles. The molecule has 0 atom stereocenters. The molecule has 0 aliphatic rings. The highest BCUT2D eigenvalue weighted by Gasteiger charge is 2.07. The lowest BCUT2D eigenvalue weighted by Gasteiger charge is -2.10. The minimum atomic E-state index is -0.164. The quantitative estimate of drug-likeness (QED) is 0.723. The number of rotatable bonds is 7. The highest BCUT2D eigenvalue weighted by molar-refractivity contribution is 6.34. The van der Waals surface area contributed by atoms with E-state index in [2.05, 4.69) is 10.6 Å². The number of amides is 2. The van der Waals surface area contributed by atoms with Gasteiger partial charge < -0.3 is 16.4 Å². The van der Waals surface area contributed by atoms with Crippen LogP contribution in [0.5, 0.6) is 0 Å². The molecule has 0 radical (unpaired) electrons. The molecule has 5 nitrogen and oxygen atoms in total. The molecule has 110 valence electrons. The standard InChI is InChI=1S/C14H20ClN3O2/c1-2-3-4-13(19)18-12-6-5-10(9-11(12)15)17-14(20)7-8-16/h5-6,9H,2-4,7-8,16H2,1H3,(H,17,20)(H,18,19). The fraction of sp³-hybridized carbons (Fsp3) is 0.429. The number of benzene rings is 1. The SMILES string of the molecule is CCCCC(=O)Nc1ccc(NC(=O)CCN)cc1Cl. The van der Waals surface area contributed by atoms with Crippen LogP contribution in [-0.2, 0) is 9.59 Å². The number of hydrogen-bond donors (Lipinski definition) is 3. The van der Waals surface area contributed by atoms with E-state index in [4.69, 9.17) is 17.3 Å². The van der Waals surface area contributed by atoms with Crippen molar-refractivity contribution >= 4 is 34.8 Å². The van der Waals surface area contributed by atoms with Crippen LogP contribution in [0.4, 0.5) is 11.4 Å². The van der Waals surface area contributed by atoms with Crippen LogP contribution in [0.2, 0.25) is 5.02 Å². The number of carbonyl (C=O) groups is 2. The molecule has 1 rings (SSSR count). The minimum absolute atomic E-state index is 0.0614. The second-order valence-electron chi connectivity index (χ2n) is 4.43. The Morgan fingerprint density at radius 3 is 2.50 bits per heavy atom. The molecule has 0 fully saturated rings. The van der Waals surface area contributed by atoms with Crippen molar-refractivity contribution < 1.29 is 9.59 Å². The summed E-state index contributed by atoms with van der Waals surface area (Å²) < 4.78 is 0. The third-order valence-electron chi connectivity index (χ3n) is 2.66. The van der Waals surface area contributed by atoms with Crippen LogP contribution in [0.1, 0.15) is 32.6 Å². The van der Waals surface area contributed by atoms with E-state index in [0.29, 0.717) is 29.4 Å². The van der Waals surface area contributed by atoms with Crippen LogP contribution >= 0.6 is 11.6 Å². The highest BCUT2D eigenvalue weighted by atomic mass is 35.5. The first kappa shape index (κ1) is 16.5. The number of hydrogen-bond acceptors (Lipinski definition) is 3. The predicted octanol–water partition coefficient (Wildman–Crippen LogP) is 2.76. The Morgan fingerprint density at radius 1 is 1.20 bits per heavy atom. The summed E-state index contributed by atoms with van der Waals surface area (Å²) in [4.78, 5) is 23.0. The van der Waals surface area contributed by atoms with Gasteiger partial charge in [0.2, 0.25) is 11.8 Å². The molecule has 0 spiro atoms. The molecule has 20 heavy (non-hydrogen) atoms. The van der Waals surface area contributed by atoms with Crippen molar-refractivity contribution in [2.24, 2.45) is 5.73 Å². The largest absolute Gasteiger partial charge is 0.330 e. The van der Waals surface area contributed by atoms with E-state index in [9.17, 15) is 9.59 Å². The van der Waals surface area contributed by atoms with Crippen LogP contribution < -0.4 is 16.4 Å². The van der Waals surface area contributed by atoms with Gasteiger partial charge in [-0.1, -0.05) is 24.9 Å². The van der Waals surface area contributed by atoms with Gasteiger partial charge >= 0.3 is 0 Å². The lowest BCUT2D eigenvalue weighted by molar-refractivity contribution is -0.117. The topological polar surface area (TPSA) is 84.2 Å². The maximum atomic E-state index is 11.6. The van der Waals surface area contributed by atoms with Crippen molar-refractivity contribution in [1.82, 2.24) is 0 Å². The van der Waals surface area contributed by atoms with E-state index in [1.54, 1.807) is 18.2 Å². The van der Waals surface area contributed by atoms with Crippen LogP contribution in [-0.4, -0.2) is 18.4 Å². The molecule has 4 N–H and O–H groups in total. The molecule has 1 aromatic carbocycles. The second kappa shape index (κ2) is 8.55. The Kier molecular flexibility index (Phi) is 7.04. The third kappa shape index (κ3) is 5.59. The Balaban J connectivity index is 2.63. The lowest BCUT2D eigenvalue weighted by atomic mass is 10.2. The normalized spacial score (nSPS) is 10.2. The number of nitrogens with one attached hydrogen (secondary N) is 2. The molecule has 1 aromatic rings. The van der Waals surface area contributed by atoms with Gasteiger partial charge in [-0.25, -0.2) is 0 Å². The monoisotopic (exact) mass is 297 g/mol. The Bertz CT molecular complexity index is 477. The molecular formula is C14H20ClN3O2. The lowest BCUT2D eigenvalue weighted by Crippen LogP contribution is -2.16. The van der Waals surface area contributed by atoms with Crippen LogP contribution in [0, 0.1) is 0 Å². The van der Waals surface area contributed by atoms with Crippen LogP contribution in [0.3, 0.4) is 0 Å². The molecule has 2 amide bonds. The zero-order chi connectivity index (χ0) is 15.0. The molecule has 0 aromatic heterocycles. The number of anilines is 2. The zero-order valence-corrected chi connectivity index (χ0v) is 12.3. The average molecular weight is 298 g/mol. The van der Waals surface area contributed by atoms with E-state index in [-0.39, 0.29) is 18.2 Å².